The molecule has 1 aromatic carbocycles. The molecule has 0 unspecified atom stereocenters. The molecule has 2 aromatic rings. The number of hydrogen-bond acceptors (Lipinski definition) is 8. The number of nitro groups is 1. The molecule has 1 atom stereocenters. The van der Waals surface area contributed by atoms with Crippen LogP contribution in [0.5, 0.6) is 0 Å². The van der Waals surface area contributed by atoms with Crippen molar-refractivity contribution in [1.29, 1.82) is 0 Å². The Morgan fingerprint density at radius 3 is 2.88 bits per heavy atom. The summed E-state index contributed by atoms with van der Waals surface area (Å²) in [5.41, 5.74) is 0.173. The molecule has 0 bridgehead atoms. The fourth-order valence-corrected chi connectivity index (χ4v) is 2.25. The van der Waals surface area contributed by atoms with Gasteiger partial charge in [0.15, 0.2) is 0 Å². The first-order valence-electron chi connectivity index (χ1n) is 6.57. The number of ether oxygens (including phenoxy) is 1. The number of nitrogens with one attached hydrogen (secondary N) is 1. The Balaban J connectivity index is 1.93. The number of aromatic nitrogens is 2. The zero-order valence-corrected chi connectivity index (χ0v) is 13.8. The Hall–Kier alpha value is -2.59. The van der Waals surface area contributed by atoms with E-state index >= 15 is 0 Å². The van der Waals surface area contributed by atoms with Gasteiger partial charge in [-0.3, -0.25) is 14.9 Å². The van der Waals surface area contributed by atoms with Gasteiger partial charge in [0.25, 0.3) is 11.6 Å². The summed E-state index contributed by atoms with van der Waals surface area (Å²) in [6, 6.07) is 4.21. The Labute approximate surface area is 144 Å². The Kier molecular flexibility index (Phi) is 5.77. The van der Waals surface area contributed by atoms with Gasteiger partial charge < -0.3 is 10.1 Å². The largest absolute Gasteiger partial charge is 0.457 e. The van der Waals surface area contributed by atoms with Crippen LogP contribution in [-0.4, -0.2) is 32.4 Å². The molecule has 1 N–H and O–H groups in total. The molecular weight excluding hydrogens is 360 g/mol. The summed E-state index contributed by atoms with van der Waals surface area (Å²) in [7, 11) is 0. The first-order chi connectivity index (χ1) is 11.4. The van der Waals surface area contributed by atoms with E-state index in [9.17, 15) is 19.7 Å². The molecule has 1 heterocycles. The third kappa shape index (κ3) is 4.46. The van der Waals surface area contributed by atoms with Crippen LogP contribution in [-0.2, 0) is 16.1 Å². The summed E-state index contributed by atoms with van der Waals surface area (Å²) >= 11 is 6.75. The lowest BCUT2D eigenvalue weighted by atomic mass is 10.2. The third-order valence-electron chi connectivity index (χ3n) is 2.88. The molecule has 0 spiro atoms. The maximum atomic E-state index is 12.0. The first-order valence-corrected chi connectivity index (χ1v) is 7.72. The summed E-state index contributed by atoms with van der Waals surface area (Å²) in [5.74, 6) is -1.32. The number of nitrogens with zero attached hydrogens (tertiary/aromatic N) is 3. The summed E-state index contributed by atoms with van der Waals surface area (Å²) < 4.78 is 8.90. The number of amides is 1. The van der Waals surface area contributed by atoms with Gasteiger partial charge in [0.05, 0.1) is 4.92 Å². The molecule has 0 aliphatic carbocycles. The van der Waals surface area contributed by atoms with Gasteiger partial charge in [-0.05, 0) is 13.0 Å². The number of benzene rings is 1. The predicted octanol–water partition coefficient (Wildman–Crippen LogP) is 1.96. The highest BCUT2D eigenvalue weighted by Crippen LogP contribution is 2.18. The van der Waals surface area contributed by atoms with Gasteiger partial charge in [-0.1, -0.05) is 22.2 Å². The van der Waals surface area contributed by atoms with Crippen LogP contribution in [0.1, 0.15) is 23.0 Å². The highest BCUT2D eigenvalue weighted by molar-refractivity contribution is 7.10. The number of hydrogen-bond donors (Lipinski definition) is 1. The van der Waals surface area contributed by atoms with Crippen molar-refractivity contribution in [2.24, 2.45) is 0 Å². The second-order valence-electron chi connectivity index (χ2n) is 4.60. The van der Waals surface area contributed by atoms with E-state index in [-0.39, 0.29) is 17.9 Å². The standard InChI is InChI=1S/C13H11ClN4O5S/c1-7(13(20)23-6-10-11(14)24-17-16-10)15-12(19)8-3-2-4-9(5-8)18(21)22/h2-5,7H,6H2,1H3,(H,15,19)/t7-/m0/s1. The van der Waals surface area contributed by atoms with Gasteiger partial charge in [0, 0.05) is 29.2 Å². The lowest BCUT2D eigenvalue weighted by Gasteiger charge is -2.13. The van der Waals surface area contributed by atoms with Crippen molar-refractivity contribution in [1.82, 2.24) is 14.9 Å². The Bertz CT molecular complexity index is 781. The van der Waals surface area contributed by atoms with E-state index in [1.165, 1.54) is 25.1 Å². The zero-order valence-electron chi connectivity index (χ0n) is 12.3. The van der Waals surface area contributed by atoms with Crippen LogP contribution in [0.2, 0.25) is 4.34 Å². The molecule has 1 aromatic heterocycles. The van der Waals surface area contributed by atoms with E-state index < -0.39 is 22.8 Å². The molecular formula is C13H11ClN4O5S. The number of carbonyl (C=O) groups is 2. The molecule has 126 valence electrons. The molecule has 9 nitrogen and oxygen atoms in total. The molecule has 24 heavy (non-hydrogen) atoms. The summed E-state index contributed by atoms with van der Waals surface area (Å²) in [6.07, 6.45) is 0. The quantitative estimate of drug-likeness (QED) is 0.468. The Morgan fingerprint density at radius 2 is 2.25 bits per heavy atom. The lowest BCUT2D eigenvalue weighted by molar-refractivity contribution is -0.384. The molecule has 0 radical (unpaired) electrons. The Morgan fingerprint density at radius 1 is 1.50 bits per heavy atom. The van der Waals surface area contributed by atoms with Crippen LogP contribution in [0.4, 0.5) is 5.69 Å². The molecule has 2 rings (SSSR count). The van der Waals surface area contributed by atoms with Crippen molar-refractivity contribution in [2.45, 2.75) is 19.6 Å². The van der Waals surface area contributed by atoms with E-state index in [4.69, 9.17) is 16.3 Å². The van der Waals surface area contributed by atoms with E-state index in [1.54, 1.807) is 0 Å². The van der Waals surface area contributed by atoms with Crippen molar-refractivity contribution < 1.29 is 19.2 Å². The molecule has 0 aliphatic heterocycles. The topological polar surface area (TPSA) is 124 Å². The SMILES string of the molecule is C[C@H](NC(=O)c1cccc([N+](=O)[O-])c1)C(=O)OCc1nnsc1Cl. The minimum absolute atomic E-state index is 0.0654. The molecule has 0 saturated heterocycles. The minimum Gasteiger partial charge on any atom is -0.457 e. The number of esters is 1. The predicted molar refractivity (Wildman–Crippen MR) is 84.7 cm³/mol. The maximum Gasteiger partial charge on any atom is 0.328 e. The average molecular weight is 371 g/mol. The number of halogens is 1. The van der Waals surface area contributed by atoms with Crippen molar-refractivity contribution in [3.8, 4) is 0 Å². The second kappa shape index (κ2) is 7.79. The summed E-state index contributed by atoms with van der Waals surface area (Å²) in [6.45, 7) is 1.27. The number of rotatable bonds is 6. The van der Waals surface area contributed by atoms with Crippen molar-refractivity contribution in [3.05, 3.63) is 50.0 Å². The van der Waals surface area contributed by atoms with Gasteiger partial charge in [-0.15, -0.1) is 5.10 Å². The monoisotopic (exact) mass is 370 g/mol. The summed E-state index contributed by atoms with van der Waals surface area (Å²) in [4.78, 5) is 34.0. The average Bonchev–Trinajstić information content (AvgIpc) is 2.97. The highest BCUT2D eigenvalue weighted by Gasteiger charge is 2.20. The van der Waals surface area contributed by atoms with Gasteiger partial charge in [-0.2, -0.15) is 0 Å². The van der Waals surface area contributed by atoms with Crippen molar-refractivity contribution >= 4 is 40.7 Å². The van der Waals surface area contributed by atoms with Crippen LogP contribution in [0.3, 0.4) is 0 Å². The normalized spacial score (nSPS) is 11.6. The molecule has 0 fully saturated rings. The van der Waals surface area contributed by atoms with Gasteiger partial charge >= 0.3 is 5.97 Å². The van der Waals surface area contributed by atoms with Gasteiger partial charge in [0.1, 0.15) is 22.7 Å². The number of nitro benzene ring substituents is 1. The van der Waals surface area contributed by atoms with Crippen molar-refractivity contribution in [2.75, 3.05) is 0 Å². The van der Waals surface area contributed by atoms with E-state index in [1.807, 2.05) is 0 Å². The van der Waals surface area contributed by atoms with Crippen LogP contribution in [0.15, 0.2) is 24.3 Å². The minimum atomic E-state index is -0.956. The summed E-state index contributed by atoms with van der Waals surface area (Å²) in [5, 5.41) is 16.8. The third-order valence-corrected chi connectivity index (χ3v) is 3.87. The van der Waals surface area contributed by atoms with Crippen LogP contribution >= 0.6 is 23.1 Å². The first kappa shape index (κ1) is 17.8. The molecule has 0 saturated carbocycles. The van der Waals surface area contributed by atoms with Crippen LogP contribution in [0.25, 0.3) is 0 Å². The van der Waals surface area contributed by atoms with Gasteiger partial charge in [0.2, 0.25) is 0 Å². The second-order valence-corrected chi connectivity index (χ2v) is 5.96. The highest BCUT2D eigenvalue weighted by atomic mass is 35.5. The van der Waals surface area contributed by atoms with Crippen LogP contribution < -0.4 is 5.32 Å². The number of carbonyl (C=O) groups excluding carboxylic acids is 2. The molecule has 0 aliphatic rings. The van der Waals surface area contributed by atoms with E-state index in [0.29, 0.717) is 10.0 Å². The van der Waals surface area contributed by atoms with Crippen LogP contribution in [0, 0.1) is 10.1 Å². The van der Waals surface area contributed by atoms with Gasteiger partial charge in [-0.25, -0.2) is 4.79 Å². The molecule has 11 heteroatoms. The fraction of sp³-hybridized carbons (Fsp3) is 0.231. The van der Waals surface area contributed by atoms with Crippen molar-refractivity contribution in [3.63, 3.8) is 0 Å². The fourth-order valence-electron chi connectivity index (χ4n) is 1.65. The maximum absolute atomic E-state index is 12.0. The number of non-ortho nitro benzene ring substituents is 1. The van der Waals surface area contributed by atoms with E-state index in [2.05, 4.69) is 14.9 Å². The lowest BCUT2D eigenvalue weighted by Crippen LogP contribution is -2.39. The smallest absolute Gasteiger partial charge is 0.328 e. The van der Waals surface area contributed by atoms with E-state index in [0.717, 1.165) is 17.6 Å². The zero-order chi connectivity index (χ0) is 17.7. The molecule has 1 amide bonds.